The number of anilines is 1. The fourth-order valence-electron chi connectivity index (χ4n) is 3.05. The van der Waals surface area contributed by atoms with E-state index in [9.17, 15) is 9.90 Å². The Bertz CT molecular complexity index is 1070. The second kappa shape index (κ2) is 7.40. The van der Waals surface area contributed by atoms with Gasteiger partial charge in [-0.2, -0.15) is 10.1 Å². The SMILES string of the molecule is COc1cc(C=C2C(=O)N(c3ccccc3)N=C2c2ccccc2)ccc1O. The maximum atomic E-state index is 13.2. The zero-order valence-corrected chi connectivity index (χ0v) is 15.2. The monoisotopic (exact) mass is 370 g/mol. The number of para-hydroxylation sites is 1. The van der Waals surface area contributed by atoms with Crippen molar-refractivity contribution in [1.82, 2.24) is 0 Å². The van der Waals surface area contributed by atoms with Crippen LogP contribution in [-0.2, 0) is 4.79 Å². The highest BCUT2D eigenvalue weighted by molar-refractivity contribution is 6.37. The molecule has 138 valence electrons. The van der Waals surface area contributed by atoms with E-state index >= 15 is 0 Å². The lowest BCUT2D eigenvalue weighted by Crippen LogP contribution is -2.21. The molecule has 0 aromatic heterocycles. The number of hydrogen-bond donors (Lipinski definition) is 1. The molecule has 0 atom stereocenters. The molecule has 0 saturated heterocycles. The lowest BCUT2D eigenvalue weighted by atomic mass is 10.00. The minimum Gasteiger partial charge on any atom is -0.504 e. The highest BCUT2D eigenvalue weighted by Crippen LogP contribution is 2.30. The van der Waals surface area contributed by atoms with Crippen LogP contribution in [0, 0.1) is 0 Å². The lowest BCUT2D eigenvalue weighted by Gasteiger charge is -2.11. The van der Waals surface area contributed by atoms with Crippen LogP contribution in [0.1, 0.15) is 11.1 Å². The smallest absolute Gasteiger partial charge is 0.281 e. The topological polar surface area (TPSA) is 62.1 Å². The number of phenolic OH excluding ortho intramolecular Hbond substituents is 1. The van der Waals surface area contributed by atoms with Gasteiger partial charge in [-0.05, 0) is 35.9 Å². The molecule has 5 heteroatoms. The van der Waals surface area contributed by atoms with E-state index in [2.05, 4.69) is 5.10 Å². The predicted molar refractivity (Wildman–Crippen MR) is 110 cm³/mol. The van der Waals surface area contributed by atoms with E-state index in [1.54, 1.807) is 24.3 Å². The summed E-state index contributed by atoms with van der Waals surface area (Å²) >= 11 is 0. The van der Waals surface area contributed by atoms with Crippen LogP contribution < -0.4 is 9.75 Å². The third kappa shape index (κ3) is 3.25. The first-order valence-corrected chi connectivity index (χ1v) is 8.80. The van der Waals surface area contributed by atoms with Crippen LogP contribution in [0.25, 0.3) is 6.08 Å². The van der Waals surface area contributed by atoms with Gasteiger partial charge >= 0.3 is 0 Å². The molecule has 1 heterocycles. The van der Waals surface area contributed by atoms with Crippen molar-refractivity contribution in [3.05, 3.63) is 95.6 Å². The van der Waals surface area contributed by atoms with Gasteiger partial charge in [0.2, 0.25) is 0 Å². The molecule has 0 saturated carbocycles. The number of carbonyl (C=O) groups excluding carboxylic acids is 1. The molecule has 1 amide bonds. The zero-order chi connectivity index (χ0) is 19.5. The molecule has 4 rings (SSSR count). The molecule has 1 N–H and O–H groups in total. The first kappa shape index (κ1) is 17.5. The molecule has 0 bridgehead atoms. The second-order valence-electron chi connectivity index (χ2n) is 6.26. The average Bonchev–Trinajstić information content (AvgIpc) is 3.07. The van der Waals surface area contributed by atoms with Gasteiger partial charge in [0.15, 0.2) is 11.5 Å². The molecule has 3 aromatic rings. The zero-order valence-electron chi connectivity index (χ0n) is 15.2. The average molecular weight is 370 g/mol. The highest BCUT2D eigenvalue weighted by atomic mass is 16.5. The highest BCUT2D eigenvalue weighted by Gasteiger charge is 2.31. The van der Waals surface area contributed by atoms with Crippen molar-refractivity contribution in [2.45, 2.75) is 0 Å². The molecule has 1 aliphatic rings. The molecule has 0 unspecified atom stereocenters. The molecule has 1 aliphatic heterocycles. The Balaban J connectivity index is 1.82. The fraction of sp³-hybridized carbons (Fsp3) is 0.0435. The Kier molecular flexibility index (Phi) is 4.64. The molecule has 5 nitrogen and oxygen atoms in total. The molecule has 3 aromatic carbocycles. The summed E-state index contributed by atoms with van der Waals surface area (Å²) in [7, 11) is 1.49. The number of rotatable bonds is 4. The summed E-state index contributed by atoms with van der Waals surface area (Å²) in [6.45, 7) is 0. The third-order valence-electron chi connectivity index (χ3n) is 4.44. The van der Waals surface area contributed by atoms with Gasteiger partial charge in [0.05, 0.1) is 18.4 Å². The van der Waals surface area contributed by atoms with E-state index in [4.69, 9.17) is 4.74 Å². The van der Waals surface area contributed by atoms with Crippen molar-refractivity contribution in [3.8, 4) is 11.5 Å². The summed E-state index contributed by atoms with van der Waals surface area (Å²) < 4.78 is 5.17. The van der Waals surface area contributed by atoms with Crippen LogP contribution in [0.3, 0.4) is 0 Å². The normalized spacial score (nSPS) is 15.0. The van der Waals surface area contributed by atoms with Gasteiger partial charge in [-0.3, -0.25) is 4.79 Å². The van der Waals surface area contributed by atoms with Gasteiger partial charge in [0, 0.05) is 5.56 Å². The molecule has 28 heavy (non-hydrogen) atoms. The Morgan fingerprint density at radius 2 is 1.64 bits per heavy atom. The molecular weight excluding hydrogens is 352 g/mol. The number of aromatic hydroxyl groups is 1. The summed E-state index contributed by atoms with van der Waals surface area (Å²) in [5, 5.41) is 15.8. The van der Waals surface area contributed by atoms with Gasteiger partial charge in [0.1, 0.15) is 5.71 Å². The molecule has 0 aliphatic carbocycles. The molecule has 0 spiro atoms. The number of ether oxygens (including phenoxy) is 1. The fourth-order valence-corrected chi connectivity index (χ4v) is 3.05. The Hall–Kier alpha value is -3.86. The predicted octanol–water partition coefficient (Wildman–Crippen LogP) is 4.24. The van der Waals surface area contributed by atoms with E-state index < -0.39 is 0 Å². The Labute approximate surface area is 162 Å². The number of amides is 1. The van der Waals surface area contributed by atoms with E-state index in [-0.39, 0.29) is 11.7 Å². The van der Waals surface area contributed by atoms with Gasteiger partial charge in [0.25, 0.3) is 5.91 Å². The van der Waals surface area contributed by atoms with Crippen molar-refractivity contribution in [2.24, 2.45) is 5.10 Å². The Morgan fingerprint density at radius 3 is 2.32 bits per heavy atom. The van der Waals surface area contributed by atoms with Crippen molar-refractivity contribution in [2.75, 3.05) is 12.1 Å². The quantitative estimate of drug-likeness (QED) is 0.699. The minimum absolute atomic E-state index is 0.0465. The van der Waals surface area contributed by atoms with Crippen LogP contribution >= 0.6 is 0 Å². The first-order valence-electron chi connectivity index (χ1n) is 8.80. The van der Waals surface area contributed by atoms with Crippen molar-refractivity contribution in [1.29, 1.82) is 0 Å². The molecule has 0 fully saturated rings. The first-order chi connectivity index (χ1) is 13.7. The number of benzene rings is 3. The van der Waals surface area contributed by atoms with Gasteiger partial charge < -0.3 is 9.84 Å². The van der Waals surface area contributed by atoms with E-state index in [0.29, 0.717) is 22.7 Å². The van der Waals surface area contributed by atoms with Crippen molar-refractivity contribution in [3.63, 3.8) is 0 Å². The van der Waals surface area contributed by atoms with Crippen molar-refractivity contribution < 1.29 is 14.6 Å². The molecule has 0 radical (unpaired) electrons. The largest absolute Gasteiger partial charge is 0.504 e. The summed E-state index contributed by atoms with van der Waals surface area (Å²) in [5.41, 5.74) is 3.36. The second-order valence-corrected chi connectivity index (χ2v) is 6.26. The maximum Gasteiger partial charge on any atom is 0.281 e. The maximum absolute atomic E-state index is 13.2. The number of carbonyl (C=O) groups is 1. The Morgan fingerprint density at radius 1 is 0.964 bits per heavy atom. The van der Waals surface area contributed by atoms with Gasteiger partial charge in [-0.15, -0.1) is 0 Å². The van der Waals surface area contributed by atoms with Crippen LogP contribution in [0.2, 0.25) is 0 Å². The number of hydrazone groups is 1. The number of nitrogens with zero attached hydrogens (tertiary/aromatic N) is 2. The van der Waals surface area contributed by atoms with E-state index in [1.807, 2.05) is 60.7 Å². The summed E-state index contributed by atoms with van der Waals surface area (Å²) in [5.74, 6) is 0.181. The molecular formula is C23H18N2O3. The van der Waals surface area contributed by atoms with Crippen molar-refractivity contribution >= 4 is 23.4 Å². The van der Waals surface area contributed by atoms with Crippen LogP contribution in [0.15, 0.2) is 89.5 Å². The van der Waals surface area contributed by atoms with E-state index in [0.717, 1.165) is 11.1 Å². The van der Waals surface area contributed by atoms with E-state index in [1.165, 1.54) is 12.1 Å². The van der Waals surface area contributed by atoms with Crippen LogP contribution in [-0.4, -0.2) is 23.8 Å². The summed E-state index contributed by atoms with van der Waals surface area (Å²) in [4.78, 5) is 13.2. The lowest BCUT2D eigenvalue weighted by molar-refractivity contribution is -0.114. The van der Waals surface area contributed by atoms with Crippen LogP contribution in [0.5, 0.6) is 11.5 Å². The standard InChI is InChI=1S/C23H18N2O3/c1-28-21-15-16(12-13-20(21)26)14-19-22(17-8-4-2-5-9-17)24-25(23(19)27)18-10-6-3-7-11-18/h2-15,26H,1H3. The van der Waals surface area contributed by atoms with Crippen LogP contribution in [0.4, 0.5) is 5.69 Å². The summed E-state index contributed by atoms with van der Waals surface area (Å²) in [6, 6.07) is 23.9. The van der Waals surface area contributed by atoms with Gasteiger partial charge in [-0.25, -0.2) is 0 Å². The number of hydrogen-bond acceptors (Lipinski definition) is 4. The number of methoxy groups -OCH3 is 1. The van der Waals surface area contributed by atoms with Gasteiger partial charge in [-0.1, -0.05) is 54.6 Å². The minimum atomic E-state index is -0.211. The third-order valence-corrected chi connectivity index (χ3v) is 4.44. The number of phenols is 1. The summed E-state index contributed by atoms with van der Waals surface area (Å²) in [6.07, 6.45) is 1.76.